The molecule has 11 heteroatoms. The largest absolute Gasteiger partial charge is 0.379 e. The van der Waals surface area contributed by atoms with Gasteiger partial charge in [-0.3, -0.25) is 19.4 Å². The molecule has 2 aromatic heterocycles. The first-order chi connectivity index (χ1) is 20.5. The Morgan fingerprint density at radius 3 is 2.67 bits per heavy atom. The van der Waals surface area contributed by atoms with Crippen LogP contribution >= 0.6 is 0 Å². The summed E-state index contributed by atoms with van der Waals surface area (Å²) in [6.07, 6.45) is 2.14. The zero-order valence-corrected chi connectivity index (χ0v) is 25.5. The fourth-order valence-electron chi connectivity index (χ4n) is 6.89. The van der Waals surface area contributed by atoms with E-state index in [1.54, 1.807) is 18.3 Å². The van der Waals surface area contributed by atoms with E-state index >= 15 is 0 Å². The molecule has 0 unspecified atom stereocenters. The minimum Gasteiger partial charge on any atom is -0.379 e. The summed E-state index contributed by atoms with van der Waals surface area (Å²) < 4.78 is 21.2. The lowest BCUT2D eigenvalue weighted by Gasteiger charge is -2.43. The van der Waals surface area contributed by atoms with Crippen molar-refractivity contribution in [1.29, 1.82) is 0 Å². The molecule has 3 aromatic rings. The minimum absolute atomic E-state index is 0.0447. The van der Waals surface area contributed by atoms with Crippen LogP contribution in [0.4, 0.5) is 10.1 Å². The highest BCUT2D eigenvalue weighted by molar-refractivity contribution is 5.98. The van der Waals surface area contributed by atoms with E-state index in [1.165, 1.54) is 12.1 Å². The molecule has 0 radical (unpaired) electrons. The number of imidazole rings is 1. The van der Waals surface area contributed by atoms with Crippen molar-refractivity contribution in [2.24, 2.45) is 5.73 Å². The Bertz CT molecular complexity index is 1520. The molecule has 5 heterocycles. The number of pyridine rings is 1. The zero-order valence-electron chi connectivity index (χ0n) is 25.5. The lowest BCUT2D eigenvalue weighted by Crippen LogP contribution is -2.62. The number of carbonyl (C=O) groups is 2. The number of benzene rings is 1. The van der Waals surface area contributed by atoms with Crippen LogP contribution in [0, 0.1) is 5.82 Å². The number of anilines is 1. The van der Waals surface area contributed by atoms with Gasteiger partial charge in [0.05, 0.1) is 31.1 Å². The first-order valence-corrected chi connectivity index (χ1v) is 15.2. The smallest absolute Gasteiger partial charge is 0.268 e. The van der Waals surface area contributed by atoms with Gasteiger partial charge in [-0.25, -0.2) is 9.37 Å². The van der Waals surface area contributed by atoms with Crippen LogP contribution in [0.5, 0.6) is 0 Å². The number of halogens is 1. The Balaban J connectivity index is 1.33. The van der Waals surface area contributed by atoms with Crippen molar-refractivity contribution in [2.45, 2.75) is 57.7 Å². The SMILES string of the molecule is C[C@@H]1CN(CC(=O)N2CC(C)(C)c3c2cc(Cc2ccc(F)cc2)c2nc(C(N)=O)cn32)[C@@H](CN2CCOC[C@H]2C)CN1. The Hall–Kier alpha value is -3.38. The van der Waals surface area contributed by atoms with E-state index in [9.17, 15) is 14.0 Å². The number of amides is 2. The van der Waals surface area contributed by atoms with Crippen molar-refractivity contribution in [3.8, 4) is 0 Å². The second kappa shape index (κ2) is 11.6. The summed E-state index contributed by atoms with van der Waals surface area (Å²) in [5.41, 5.74) is 9.51. The van der Waals surface area contributed by atoms with E-state index in [1.807, 2.05) is 15.4 Å². The molecule has 43 heavy (non-hydrogen) atoms. The van der Waals surface area contributed by atoms with Crippen LogP contribution in [0.1, 0.15) is 55.0 Å². The van der Waals surface area contributed by atoms with E-state index in [-0.39, 0.29) is 29.5 Å². The van der Waals surface area contributed by atoms with Crippen molar-refractivity contribution in [3.05, 3.63) is 64.9 Å². The molecular formula is C32H42FN7O3. The second-order valence-electron chi connectivity index (χ2n) is 13.1. The number of nitrogens with two attached hydrogens (primary N) is 1. The quantitative estimate of drug-likeness (QED) is 0.434. The van der Waals surface area contributed by atoms with Crippen molar-refractivity contribution < 1.29 is 18.7 Å². The number of nitrogens with zero attached hydrogens (tertiary/aromatic N) is 5. The highest BCUT2D eigenvalue weighted by atomic mass is 19.1. The molecule has 0 spiro atoms. The molecule has 1 aromatic carbocycles. The number of primary amides is 1. The molecule has 3 aliphatic heterocycles. The molecule has 3 atom stereocenters. The maximum atomic E-state index is 14.2. The molecule has 0 aliphatic carbocycles. The van der Waals surface area contributed by atoms with Crippen molar-refractivity contribution >= 4 is 23.1 Å². The summed E-state index contributed by atoms with van der Waals surface area (Å²) in [7, 11) is 0. The molecular weight excluding hydrogens is 549 g/mol. The fraction of sp³-hybridized carbons (Fsp3) is 0.531. The van der Waals surface area contributed by atoms with Crippen LogP contribution in [0.3, 0.4) is 0 Å². The number of piperazine rings is 1. The van der Waals surface area contributed by atoms with E-state index in [2.05, 4.69) is 47.8 Å². The van der Waals surface area contributed by atoms with E-state index in [0.29, 0.717) is 31.2 Å². The van der Waals surface area contributed by atoms with Gasteiger partial charge in [-0.2, -0.15) is 0 Å². The average molecular weight is 592 g/mol. The number of hydrogen-bond donors (Lipinski definition) is 2. The third-order valence-electron chi connectivity index (χ3n) is 9.15. The molecule has 3 aliphatic rings. The van der Waals surface area contributed by atoms with Crippen molar-refractivity contribution in [1.82, 2.24) is 24.5 Å². The van der Waals surface area contributed by atoms with Crippen LogP contribution in [0.25, 0.3) is 5.65 Å². The van der Waals surface area contributed by atoms with E-state index in [4.69, 9.17) is 10.5 Å². The van der Waals surface area contributed by atoms with Crippen molar-refractivity contribution in [3.63, 3.8) is 0 Å². The lowest BCUT2D eigenvalue weighted by atomic mass is 9.90. The van der Waals surface area contributed by atoms with Gasteiger partial charge in [0, 0.05) is 74.4 Å². The van der Waals surface area contributed by atoms with Gasteiger partial charge in [0.1, 0.15) is 17.2 Å². The first kappa shape index (κ1) is 29.7. The first-order valence-electron chi connectivity index (χ1n) is 15.2. The Kier molecular flexibility index (Phi) is 8.01. The minimum atomic E-state index is -0.609. The molecule has 0 saturated carbocycles. The van der Waals surface area contributed by atoms with Crippen molar-refractivity contribution in [2.75, 3.05) is 57.4 Å². The normalized spacial score (nSPS) is 24.4. The number of rotatable bonds is 7. The molecule has 230 valence electrons. The molecule has 3 N–H and O–H groups in total. The average Bonchev–Trinajstić information content (AvgIpc) is 3.52. The predicted octanol–water partition coefficient (Wildman–Crippen LogP) is 2.17. The van der Waals surface area contributed by atoms with Gasteiger partial charge in [-0.15, -0.1) is 0 Å². The molecule has 10 nitrogen and oxygen atoms in total. The molecule has 0 bridgehead atoms. The predicted molar refractivity (Wildman–Crippen MR) is 163 cm³/mol. The maximum absolute atomic E-state index is 14.2. The van der Waals surface area contributed by atoms with E-state index in [0.717, 1.165) is 61.9 Å². The lowest BCUT2D eigenvalue weighted by molar-refractivity contribution is -0.121. The van der Waals surface area contributed by atoms with Crippen LogP contribution in [0.15, 0.2) is 36.5 Å². The summed E-state index contributed by atoms with van der Waals surface area (Å²) in [5.74, 6) is -0.868. The fourth-order valence-corrected chi connectivity index (χ4v) is 6.89. The standard InChI is InChI=1S/C32H42FN7O3/c1-20-14-38(25(13-35-20)15-37-9-10-43-18-21(37)2)17-28(41)40-19-32(3,4)29-27(40)12-23(11-22-5-7-24(33)8-6-22)31-36-26(30(34)42)16-39(29)31/h5-8,12,16,20-21,25,35H,9-11,13-15,17-19H2,1-4H3,(H2,34,42)/t20-,21-,25-/m1/s1. The van der Waals surface area contributed by atoms with Gasteiger partial charge in [0.15, 0.2) is 0 Å². The monoisotopic (exact) mass is 591 g/mol. The van der Waals surface area contributed by atoms with Crippen LogP contribution < -0.4 is 16.0 Å². The maximum Gasteiger partial charge on any atom is 0.268 e. The number of morpholine rings is 1. The number of ether oxygens (including phenoxy) is 1. The highest BCUT2D eigenvalue weighted by Crippen LogP contribution is 2.42. The number of hydrogen-bond acceptors (Lipinski definition) is 7. The summed E-state index contributed by atoms with van der Waals surface area (Å²) in [6, 6.07) is 9.21. The third kappa shape index (κ3) is 5.91. The number of aromatic nitrogens is 2. The van der Waals surface area contributed by atoms with Crippen LogP contribution in [-0.2, 0) is 21.4 Å². The summed E-state index contributed by atoms with van der Waals surface area (Å²) in [6.45, 7) is 14.3. The molecule has 2 fully saturated rings. The Morgan fingerprint density at radius 2 is 1.95 bits per heavy atom. The molecule has 6 rings (SSSR count). The van der Waals surface area contributed by atoms with Crippen LogP contribution in [0.2, 0.25) is 0 Å². The third-order valence-corrected chi connectivity index (χ3v) is 9.15. The number of fused-ring (bicyclic) bond motifs is 3. The van der Waals surface area contributed by atoms with Gasteiger partial charge in [0.2, 0.25) is 5.91 Å². The summed E-state index contributed by atoms with van der Waals surface area (Å²) in [4.78, 5) is 37.7. The summed E-state index contributed by atoms with van der Waals surface area (Å²) in [5, 5.41) is 3.61. The zero-order chi connectivity index (χ0) is 30.5. The van der Waals surface area contributed by atoms with Gasteiger partial charge in [0.25, 0.3) is 5.91 Å². The number of carbonyl (C=O) groups excluding carboxylic acids is 2. The topological polar surface area (TPSA) is 108 Å². The highest BCUT2D eigenvalue weighted by Gasteiger charge is 2.42. The molecule has 2 saturated heterocycles. The second-order valence-corrected chi connectivity index (χ2v) is 13.1. The number of nitrogens with one attached hydrogen (secondary N) is 1. The Labute approximate surface area is 252 Å². The Morgan fingerprint density at radius 1 is 1.19 bits per heavy atom. The van der Waals surface area contributed by atoms with Gasteiger partial charge >= 0.3 is 0 Å². The van der Waals surface area contributed by atoms with Gasteiger partial charge in [-0.1, -0.05) is 26.0 Å². The van der Waals surface area contributed by atoms with E-state index < -0.39 is 11.3 Å². The molecule has 2 amide bonds. The van der Waals surface area contributed by atoms with Gasteiger partial charge < -0.3 is 25.1 Å². The summed E-state index contributed by atoms with van der Waals surface area (Å²) >= 11 is 0. The van der Waals surface area contributed by atoms with Crippen LogP contribution in [-0.4, -0.2) is 102 Å². The van der Waals surface area contributed by atoms with Gasteiger partial charge in [-0.05, 0) is 37.6 Å².